The number of amides is 2. The number of carboxylic acid groups (broad SMARTS) is 1. The average Bonchev–Trinajstić information content (AvgIpc) is 2.71. The van der Waals surface area contributed by atoms with E-state index in [9.17, 15) is 9.59 Å². The lowest BCUT2D eigenvalue weighted by Crippen LogP contribution is -2.31. The minimum absolute atomic E-state index is 0.203. The van der Waals surface area contributed by atoms with Gasteiger partial charge in [0.2, 0.25) is 0 Å². The molecule has 2 amide bonds. The number of hydrogen-bond donors (Lipinski definition) is 3. The van der Waals surface area contributed by atoms with Gasteiger partial charge in [-0.25, -0.2) is 9.59 Å². The van der Waals surface area contributed by atoms with Crippen molar-refractivity contribution in [2.75, 3.05) is 19.0 Å². The summed E-state index contributed by atoms with van der Waals surface area (Å²) in [6.07, 6.45) is 2.02. The zero-order valence-electron chi connectivity index (χ0n) is 17.9. The lowest BCUT2D eigenvalue weighted by Gasteiger charge is -2.16. The number of rotatable bonds is 10. The Bertz CT molecular complexity index is 849. The van der Waals surface area contributed by atoms with Crippen LogP contribution in [-0.4, -0.2) is 30.8 Å². The molecule has 0 aliphatic rings. The standard InChI is InChI=1S/C23H30N2O5/c1-15(2)6-5-13-30-21-14-19(11-12-20(21)29-4)25-23(28)24-16(3)17-7-9-18(10-8-17)22(26)27/h7-12,14-16H,5-6,13H2,1-4H3,(H,26,27)(H2,24,25,28)/t16-/m0/s1. The topological polar surface area (TPSA) is 96.9 Å². The second-order valence-electron chi connectivity index (χ2n) is 7.50. The number of urea groups is 1. The normalized spacial score (nSPS) is 11.6. The van der Waals surface area contributed by atoms with E-state index in [1.165, 1.54) is 12.1 Å². The minimum Gasteiger partial charge on any atom is -0.493 e. The first-order valence-corrected chi connectivity index (χ1v) is 10.0. The fraction of sp³-hybridized carbons (Fsp3) is 0.391. The lowest BCUT2D eigenvalue weighted by atomic mass is 10.1. The largest absolute Gasteiger partial charge is 0.493 e. The van der Waals surface area contributed by atoms with Crippen molar-refractivity contribution in [3.05, 3.63) is 53.6 Å². The monoisotopic (exact) mass is 414 g/mol. The molecule has 3 N–H and O–H groups in total. The zero-order chi connectivity index (χ0) is 22.1. The highest BCUT2D eigenvalue weighted by molar-refractivity contribution is 5.90. The molecular weight excluding hydrogens is 384 g/mol. The molecule has 0 aliphatic heterocycles. The molecule has 0 aromatic heterocycles. The SMILES string of the molecule is COc1ccc(NC(=O)N[C@@H](C)c2ccc(C(=O)O)cc2)cc1OCCCC(C)C. The van der Waals surface area contributed by atoms with Crippen molar-refractivity contribution < 1.29 is 24.2 Å². The van der Waals surface area contributed by atoms with Crippen LogP contribution in [0.3, 0.4) is 0 Å². The molecule has 0 fully saturated rings. The number of hydrogen-bond acceptors (Lipinski definition) is 4. The van der Waals surface area contributed by atoms with Crippen molar-refractivity contribution in [3.63, 3.8) is 0 Å². The quantitative estimate of drug-likeness (QED) is 0.471. The molecule has 162 valence electrons. The molecule has 7 nitrogen and oxygen atoms in total. The number of ether oxygens (including phenoxy) is 2. The van der Waals surface area contributed by atoms with Crippen LogP contribution in [0.5, 0.6) is 11.5 Å². The van der Waals surface area contributed by atoms with Crippen molar-refractivity contribution in [3.8, 4) is 11.5 Å². The predicted octanol–water partition coefficient (Wildman–Crippen LogP) is 5.09. The van der Waals surface area contributed by atoms with E-state index < -0.39 is 5.97 Å². The summed E-state index contributed by atoms with van der Waals surface area (Å²) >= 11 is 0. The number of methoxy groups -OCH3 is 1. The van der Waals surface area contributed by atoms with Gasteiger partial charge in [-0.1, -0.05) is 26.0 Å². The molecule has 2 rings (SSSR count). The third-order valence-electron chi connectivity index (χ3n) is 4.61. The smallest absolute Gasteiger partial charge is 0.335 e. The molecule has 0 spiro atoms. The van der Waals surface area contributed by atoms with Crippen molar-refractivity contribution in [1.82, 2.24) is 5.32 Å². The van der Waals surface area contributed by atoms with Gasteiger partial charge >= 0.3 is 12.0 Å². The molecule has 0 aliphatic carbocycles. The molecule has 30 heavy (non-hydrogen) atoms. The number of carbonyl (C=O) groups is 2. The highest BCUT2D eigenvalue weighted by Gasteiger charge is 2.12. The number of anilines is 1. The van der Waals surface area contributed by atoms with Crippen LogP contribution in [0.4, 0.5) is 10.5 Å². The maximum Gasteiger partial charge on any atom is 0.335 e. The van der Waals surface area contributed by atoms with Gasteiger partial charge in [-0.2, -0.15) is 0 Å². The van der Waals surface area contributed by atoms with E-state index in [0.29, 0.717) is 29.7 Å². The Kier molecular flexibility index (Phi) is 8.53. The minimum atomic E-state index is -0.985. The molecule has 1 atom stereocenters. The third kappa shape index (κ3) is 6.99. The van der Waals surface area contributed by atoms with E-state index in [-0.39, 0.29) is 17.6 Å². The number of aromatic carboxylic acids is 1. The molecule has 2 aromatic rings. The fourth-order valence-electron chi connectivity index (χ4n) is 2.90. The second kappa shape index (κ2) is 11.1. The average molecular weight is 415 g/mol. The Hall–Kier alpha value is -3.22. The summed E-state index contributed by atoms with van der Waals surface area (Å²) < 4.78 is 11.2. The molecule has 0 radical (unpaired) electrons. The number of benzene rings is 2. The van der Waals surface area contributed by atoms with Crippen LogP contribution >= 0.6 is 0 Å². The first kappa shape index (κ1) is 23.1. The molecule has 0 unspecified atom stereocenters. The van der Waals surface area contributed by atoms with Gasteiger partial charge in [-0.15, -0.1) is 0 Å². The number of carboxylic acids is 1. The summed E-state index contributed by atoms with van der Waals surface area (Å²) in [6, 6.07) is 11.0. The van der Waals surface area contributed by atoms with Crippen LogP contribution < -0.4 is 20.1 Å². The Balaban J connectivity index is 1.96. The van der Waals surface area contributed by atoms with E-state index in [0.717, 1.165) is 18.4 Å². The number of nitrogens with one attached hydrogen (secondary N) is 2. The molecule has 0 saturated heterocycles. The van der Waals surface area contributed by atoms with Crippen LogP contribution in [0.1, 0.15) is 55.6 Å². The van der Waals surface area contributed by atoms with Gasteiger partial charge in [0, 0.05) is 11.8 Å². The van der Waals surface area contributed by atoms with E-state index in [4.69, 9.17) is 14.6 Å². The van der Waals surface area contributed by atoms with Gasteiger partial charge in [0.05, 0.1) is 25.3 Å². The van der Waals surface area contributed by atoms with E-state index in [1.54, 1.807) is 37.4 Å². The fourth-order valence-corrected chi connectivity index (χ4v) is 2.90. The Morgan fingerprint density at radius 3 is 2.33 bits per heavy atom. The molecule has 0 saturated carbocycles. The Morgan fingerprint density at radius 1 is 1.03 bits per heavy atom. The van der Waals surface area contributed by atoms with Gasteiger partial charge in [-0.3, -0.25) is 0 Å². The van der Waals surface area contributed by atoms with Crippen LogP contribution in [0.2, 0.25) is 0 Å². The third-order valence-corrected chi connectivity index (χ3v) is 4.61. The molecule has 2 aromatic carbocycles. The van der Waals surface area contributed by atoms with Gasteiger partial charge in [0.1, 0.15) is 0 Å². The number of carbonyl (C=O) groups excluding carboxylic acids is 1. The Morgan fingerprint density at radius 2 is 1.73 bits per heavy atom. The molecule has 0 heterocycles. The summed E-state index contributed by atoms with van der Waals surface area (Å²) in [5.74, 6) is 0.824. The van der Waals surface area contributed by atoms with E-state index in [1.807, 2.05) is 6.92 Å². The van der Waals surface area contributed by atoms with Crippen molar-refractivity contribution in [2.45, 2.75) is 39.7 Å². The highest BCUT2D eigenvalue weighted by Crippen LogP contribution is 2.30. The van der Waals surface area contributed by atoms with Gasteiger partial charge in [-0.05, 0) is 55.5 Å². The van der Waals surface area contributed by atoms with Crippen LogP contribution in [0.15, 0.2) is 42.5 Å². The van der Waals surface area contributed by atoms with Gasteiger partial charge in [0.25, 0.3) is 0 Å². The maximum atomic E-state index is 12.4. The highest BCUT2D eigenvalue weighted by atomic mass is 16.5. The van der Waals surface area contributed by atoms with Crippen LogP contribution in [-0.2, 0) is 0 Å². The van der Waals surface area contributed by atoms with Gasteiger partial charge in [0.15, 0.2) is 11.5 Å². The summed E-state index contributed by atoms with van der Waals surface area (Å²) in [6.45, 7) is 6.75. The Labute approximate surface area is 177 Å². The second-order valence-corrected chi connectivity index (χ2v) is 7.50. The van der Waals surface area contributed by atoms with E-state index >= 15 is 0 Å². The zero-order valence-corrected chi connectivity index (χ0v) is 17.9. The van der Waals surface area contributed by atoms with Crippen LogP contribution in [0, 0.1) is 5.92 Å². The summed E-state index contributed by atoms with van der Waals surface area (Å²) in [7, 11) is 1.58. The molecule has 7 heteroatoms. The van der Waals surface area contributed by atoms with Crippen molar-refractivity contribution >= 4 is 17.7 Å². The summed E-state index contributed by atoms with van der Waals surface area (Å²) in [5.41, 5.74) is 1.59. The first-order chi connectivity index (χ1) is 14.3. The van der Waals surface area contributed by atoms with Crippen molar-refractivity contribution in [1.29, 1.82) is 0 Å². The molecule has 0 bridgehead atoms. The molecular formula is C23H30N2O5. The first-order valence-electron chi connectivity index (χ1n) is 10.0. The van der Waals surface area contributed by atoms with Crippen LogP contribution in [0.25, 0.3) is 0 Å². The lowest BCUT2D eigenvalue weighted by molar-refractivity contribution is 0.0697. The van der Waals surface area contributed by atoms with Gasteiger partial charge < -0.3 is 25.2 Å². The summed E-state index contributed by atoms with van der Waals surface area (Å²) in [4.78, 5) is 23.3. The van der Waals surface area contributed by atoms with E-state index in [2.05, 4.69) is 24.5 Å². The predicted molar refractivity (Wildman–Crippen MR) is 117 cm³/mol. The van der Waals surface area contributed by atoms with Crippen molar-refractivity contribution in [2.24, 2.45) is 5.92 Å². The summed E-state index contributed by atoms with van der Waals surface area (Å²) in [5, 5.41) is 14.6. The maximum absolute atomic E-state index is 12.4.